The van der Waals surface area contributed by atoms with Crippen molar-refractivity contribution in [3.63, 3.8) is 0 Å². The minimum atomic E-state index is 0.663. The monoisotopic (exact) mass is 155 g/mol. The second-order valence-corrected chi connectivity index (χ2v) is 3.55. The molecule has 2 fully saturated rings. The van der Waals surface area contributed by atoms with Crippen LogP contribution in [0, 0.1) is 0 Å². The molecule has 0 aromatic heterocycles. The van der Waals surface area contributed by atoms with Crippen molar-refractivity contribution in [2.75, 3.05) is 32.7 Å². The van der Waals surface area contributed by atoms with Crippen molar-refractivity contribution >= 4 is 0 Å². The van der Waals surface area contributed by atoms with Gasteiger partial charge in [0.15, 0.2) is 0 Å². The van der Waals surface area contributed by atoms with Gasteiger partial charge in [-0.05, 0) is 6.92 Å². The van der Waals surface area contributed by atoms with Gasteiger partial charge in [0, 0.05) is 44.8 Å². The van der Waals surface area contributed by atoms with Gasteiger partial charge in [-0.25, -0.2) is 0 Å². The molecular formula is C8H17N3. The van der Waals surface area contributed by atoms with Gasteiger partial charge in [-0.3, -0.25) is 4.90 Å². The Bertz CT molecular complexity index is 135. The Morgan fingerprint density at radius 3 is 2.91 bits per heavy atom. The standard InChI is InChI=1S/C8H17N3/c1-7-8-6-9-2-4-11(8)5-3-10-7/h7-10H,2-6H2,1H3. The molecule has 3 heteroatoms. The molecule has 0 radical (unpaired) electrons. The van der Waals surface area contributed by atoms with Crippen LogP contribution in [-0.2, 0) is 0 Å². The molecule has 2 N–H and O–H groups in total. The van der Waals surface area contributed by atoms with Crippen LogP contribution in [0.5, 0.6) is 0 Å². The molecule has 0 amide bonds. The van der Waals surface area contributed by atoms with E-state index in [4.69, 9.17) is 0 Å². The van der Waals surface area contributed by atoms with E-state index in [2.05, 4.69) is 22.5 Å². The quantitative estimate of drug-likeness (QED) is 0.482. The van der Waals surface area contributed by atoms with Crippen molar-refractivity contribution in [2.24, 2.45) is 0 Å². The Morgan fingerprint density at radius 1 is 1.27 bits per heavy atom. The maximum absolute atomic E-state index is 3.50. The van der Waals surface area contributed by atoms with E-state index in [-0.39, 0.29) is 0 Å². The topological polar surface area (TPSA) is 27.3 Å². The van der Waals surface area contributed by atoms with Gasteiger partial charge in [0.25, 0.3) is 0 Å². The van der Waals surface area contributed by atoms with Crippen LogP contribution in [0.25, 0.3) is 0 Å². The summed E-state index contributed by atoms with van der Waals surface area (Å²) in [6.45, 7) is 8.24. The summed E-state index contributed by atoms with van der Waals surface area (Å²) in [7, 11) is 0. The first-order chi connectivity index (χ1) is 5.38. The second kappa shape index (κ2) is 3.09. The second-order valence-electron chi connectivity index (χ2n) is 3.55. The van der Waals surface area contributed by atoms with Gasteiger partial charge >= 0.3 is 0 Å². The van der Waals surface area contributed by atoms with Crippen molar-refractivity contribution in [1.82, 2.24) is 15.5 Å². The molecule has 2 rings (SSSR count). The number of nitrogens with zero attached hydrogens (tertiary/aromatic N) is 1. The molecule has 0 aromatic rings. The molecule has 0 aliphatic carbocycles. The van der Waals surface area contributed by atoms with Crippen LogP contribution in [0.3, 0.4) is 0 Å². The van der Waals surface area contributed by atoms with Crippen LogP contribution >= 0.6 is 0 Å². The predicted molar refractivity (Wildman–Crippen MR) is 45.7 cm³/mol. The number of nitrogens with one attached hydrogen (secondary N) is 2. The molecule has 2 aliphatic heterocycles. The van der Waals surface area contributed by atoms with Gasteiger partial charge in [0.2, 0.25) is 0 Å². The number of rotatable bonds is 0. The molecule has 2 atom stereocenters. The highest BCUT2D eigenvalue weighted by Gasteiger charge is 2.29. The summed E-state index contributed by atoms with van der Waals surface area (Å²) >= 11 is 0. The number of hydrogen-bond acceptors (Lipinski definition) is 3. The summed E-state index contributed by atoms with van der Waals surface area (Å²) < 4.78 is 0. The van der Waals surface area contributed by atoms with E-state index < -0.39 is 0 Å². The maximum atomic E-state index is 3.50. The van der Waals surface area contributed by atoms with Gasteiger partial charge in [-0.1, -0.05) is 0 Å². The highest BCUT2D eigenvalue weighted by Crippen LogP contribution is 2.10. The molecule has 64 valence electrons. The molecule has 0 aromatic carbocycles. The summed E-state index contributed by atoms with van der Waals surface area (Å²) in [5.41, 5.74) is 0. The largest absolute Gasteiger partial charge is 0.314 e. The fourth-order valence-corrected chi connectivity index (χ4v) is 2.11. The maximum Gasteiger partial charge on any atom is 0.0372 e. The van der Waals surface area contributed by atoms with Gasteiger partial charge in [0.1, 0.15) is 0 Å². The molecule has 3 nitrogen and oxygen atoms in total. The highest BCUT2D eigenvalue weighted by molar-refractivity contribution is 4.90. The van der Waals surface area contributed by atoms with Gasteiger partial charge < -0.3 is 10.6 Å². The number of fused-ring (bicyclic) bond motifs is 1. The Hall–Kier alpha value is -0.120. The van der Waals surface area contributed by atoms with Gasteiger partial charge in [0.05, 0.1) is 0 Å². The van der Waals surface area contributed by atoms with Crippen molar-refractivity contribution < 1.29 is 0 Å². The minimum absolute atomic E-state index is 0.663. The SMILES string of the molecule is CC1NCCN2CCNCC12. The fraction of sp³-hybridized carbons (Fsp3) is 1.00. The Labute approximate surface area is 68.1 Å². The molecule has 0 bridgehead atoms. The van der Waals surface area contributed by atoms with Crippen LogP contribution < -0.4 is 10.6 Å². The van der Waals surface area contributed by atoms with Crippen molar-refractivity contribution in [1.29, 1.82) is 0 Å². The zero-order valence-electron chi connectivity index (χ0n) is 7.14. The molecule has 2 saturated heterocycles. The lowest BCUT2D eigenvalue weighted by Crippen LogP contribution is -2.64. The third-order valence-corrected chi connectivity index (χ3v) is 2.84. The van der Waals surface area contributed by atoms with Crippen molar-refractivity contribution in [3.8, 4) is 0 Å². The summed E-state index contributed by atoms with van der Waals surface area (Å²) in [6, 6.07) is 1.40. The first-order valence-corrected chi connectivity index (χ1v) is 4.56. The molecule has 0 spiro atoms. The first-order valence-electron chi connectivity index (χ1n) is 4.56. The van der Waals surface area contributed by atoms with Crippen LogP contribution in [0.1, 0.15) is 6.92 Å². The molecule has 2 aliphatic rings. The first kappa shape index (κ1) is 7.53. The highest BCUT2D eigenvalue weighted by atomic mass is 15.3. The predicted octanol–water partition coefficient (Wildman–Crippen LogP) is -0.748. The van der Waals surface area contributed by atoms with Gasteiger partial charge in [-0.2, -0.15) is 0 Å². The number of piperazine rings is 2. The Kier molecular flexibility index (Phi) is 2.11. The molecule has 2 unspecified atom stereocenters. The van der Waals surface area contributed by atoms with Crippen LogP contribution in [0.2, 0.25) is 0 Å². The molecule has 11 heavy (non-hydrogen) atoms. The van der Waals surface area contributed by atoms with E-state index in [1.54, 1.807) is 0 Å². The van der Waals surface area contributed by atoms with Crippen molar-refractivity contribution in [3.05, 3.63) is 0 Å². The fourth-order valence-electron chi connectivity index (χ4n) is 2.11. The average molecular weight is 155 g/mol. The van der Waals surface area contributed by atoms with Crippen LogP contribution in [0.4, 0.5) is 0 Å². The number of hydrogen-bond donors (Lipinski definition) is 2. The summed E-state index contributed by atoms with van der Waals surface area (Å²) in [5.74, 6) is 0. The molecular weight excluding hydrogens is 138 g/mol. The lowest BCUT2D eigenvalue weighted by Gasteiger charge is -2.43. The smallest absolute Gasteiger partial charge is 0.0372 e. The molecule has 2 heterocycles. The van der Waals surface area contributed by atoms with E-state index in [0.717, 1.165) is 19.1 Å². The minimum Gasteiger partial charge on any atom is -0.314 e. The van der Waals surface area contributed by atoms with Crippen LogP contribution in [0.15, 0.2) is 0 Å². The summed E-state index contributed by atoms with van der Waals surface area (Å²) in [4.78, 5) is 2.59. The lowest BCUT2D eigenvalue weighted by atomic mass is 10.0. The van der Waals surface area contributed by atoms with Crippen LogP contribution in [-0.4, -0.2) is 49.7 Å². The Morgan fingerprint density at radius 2 is 2.09 bits per heavy atom. The lowest BCUT2D eigenvalue weighted by molar-refractivity contribution is 0.101. The average Bonchev–Trinajstić information content (AvgIpc) is 2.06. The molecule has 0 saturated carbocycles. The Balaban J connectivity index is 1.99. The third kappa shape index (κ3) is 1.41. The van der Waals surface area contributed by atoms with E-state index >= 15 is 0 Å². The van der Waals surface area contributed by atoms with E-state index in [0.29, 0.717) is 6.04 Å². The summed E-state index contributed by atoms with van der Waals surface area (Å²) in [6.07, 6.45) is 0. The van der Waals surface area contributed by atoms with E-state index in [1.807, 2.05) is 0 Å². The van der Waals surface area contributed by atoms with Gasteiger partial charge in [-0.15, -0.1) is 0 Å². The third-order valence-electron chi connectivity index (χ3n) is 2.84. The normalized spacial score (nSPS) is 40.1. The zero-order chi connectivity index (χ0) is 7.68. The summed E-state index contributed by atoms with van der Waals surface area (Å²) in [5, 5.41) is 6.93. The van der Waals surface area contributed by atoms with E-state index in [9.17, 15) is 0 Å². The zero-order valence-corrected chi connectivity index (χ0v) is 7.14. The van der Waals surface area contributed by atoms with Crippen molar-refractivity contribution in [2.45, 2.75) is 19.0 Å². The van der Waals surface area contributed by atoms with E-state index in [1.165, 1.54) is 19.6 Å².